The van der Waals surface area contributed by atoms with Gasteiger partial charge < -0.3 is 24.7 Å². The first-order valence-corrected chi connectivity index (χ1v) is 8.15. The zero-order valence-electron chi connectivity index (χ0n) is 14.9. The molecule has 2 aromatic rings. The monoisotopic (exact) mass is 345 g/mol. The molecule has 1 atom stereocenters. The standard InChI is InChI=1S/C17H23N5O3/c1-11(15-21-19-9-22(15)4)20-16(23)18-8-17(2,3)12-5-6-13-14(7-12)25-10-24-13/h5-7,9,11H,8,10H2,1-4H3,(H2,18,20,23)/t11-/m1/s1. The third kappa shape index (κ3) is 3.67. The number of carbonyl (C=O) groups excluding carboxylic acids is 1. The van der Waals surface area contributed by atoms with Gasteiger partial charge in [0, 0.05) is 19.0 Å². The van der Waals surface area contributed by atoms with Crippen LogP contribution in [0.4, 0.5) is 4.79 Å². The number of benzene rings is 1. The van der Waals surface area contributed by atoms with Crippen LogP contribution in [0.2, 0.25) is 0 Å². The van der Waals surface area contributed by atoms with E-state index >= 15 is 0 Å². The number of nitrogens with zero attached hydrogens (tertiary/aromatic N) is 3. The SMILES string of the molecule is C[C@@H](NC(=O)NCC(C)(C)c1ccc2c(c1)OCO2)c1nncn1C. The Hall–Kier alpha value is -2.77. The number of urea groups is 1. The summed E-state index contributed by atoms with van der Waals surface area (Å²) in [5, 5.41) is 13.6. The smallest absolute Gasteiger partial charge is 0.315 e. The largest absolute Gasteiger partial charge is 0.454 e. The zero-order valence-corrected chi connectivity index (χ0v) is 14.9. The van der Waals surface area contributed by atoms with E-state index < -0.39 is 0 Å². The van der Waals surface area contributed by atoms with Crippen LogP contribution in [0.5, 0.6) is 11.5 Å². The quantitative estimate of drug-likeness (QED) is 0.863. The van der Waals surface area contributed by atoms with E-state index in [1.807, 2.05) is 32.2 Å². The zero-order chi connectivity index (χ0) is 18.0. The van der Waals surface area contributed by atoms with Crippen LogP contribution in [0, 0.1) is 0 Å². The molecule has 8 nitrogen and oxygen atoms in total. The van der Waals surface area contributed by atoms with E-state index in [9.17, 15) is 4.79 Å². The van der Waals surface area contributed by atoms with Crippen molar-refractivity contribution in [1.29, 1.82) is 0 Å². The Morgan fingerprint density at radius 2 is 2.12 bits per heavy atom. The molecular weight excluding hydrogens is 322 g/mol. The number of ether oxygens (including phenoxy) is 2. The van der Waals surface area contributed by atoms with Crippen molar-refractivity contribution in [3.8, 4) is 11.5 Å². The van der Waals surface area contributed by atoms with Gasteiger partial charge in [0.05, 0.1) is 6.04 Å². The Labute approximate surface area is 146 Å². The van der Waals surface area contributed by atoms with E-state index in [1.54, 1.807) is 10.9 Å². The lowest BCUT2D eigenvalue weighted by Crippen LogP contribution is -2.43. The molecule has 2 N–H and O–H groups in total. The van der Waals surface area contributed by atoms with E-state index in [0.29, 0.717) is 12.4 Å². The fourth-order valence-corrected chi connectivity index (χ4v) is 2.72. The van der Waals surface area contributed by atoms with Crippen molar-refractivity contribution in [1.82, 2.24) is 25.4 Å². The highest BCUT2D eigenvalue weighted by Crippen LogP contribution is 2.36. The van der Waals surface area contributed by atoms with Crippen molar-refractivity contribution in [2.75, 3.05) is 13.3 Å². The predicted molar refractivity (Wildman–Crippen MR) is 91.5 cm³/mol. The maximum absolute atomic E-state index is 12.2. The van der Waals surface area contributed by atoms with Gasteiger partial charge in [0.2, 0.25) is 6.79 Å². The molecule has 3 rings (SSSR count). The fourth-order valence-electron chi connectivity index (χ4n) is 2.72. The highest BCUT2D eigenvalue weighted by molar-refractivity contribution is 5.74. The van der Waals surface area contributed by atoms with Crippen LogP contribution in [0.1, 0.15) is 38.2 Å². The molecule has 0 unspecified atom stereocenters. The van der Waals surface area contributed by atoms with Crippen LogP contribution < -0.4 is 20.1 Å². The molecule has 2 heterocycles. The lowest BCUT2D eigenvalue weighted by Gasteiger charge is -2.26. The van der Waals surface area contributed by atoms with Gasteiger partial charge in [-0.25, -0.2) is 4.79 Å². The summed E-state index contributed by atoms with van der Waals surface area (Å²) < 4.78 is 12.5. The summed E-state index contributed by atoms with van der Waals surface area (Å²) >= 11 is 0. The van der Waals surface area contributed by atoms with Crippen LogP contribution in [-0.4, -0.2) is 34.1 Å². The van der Waals surface area contributed by atoms with Crippen molar-refractivity contribution >= 4 is 6.03 Å². The Balaban J connectivity index is 1.58. The summed E-state index contributed by atoms with van der Waals surface area (Å²) in [5.74, 6) is 2.19. The topological polar surface area (TPSA) is 90.3 Å². The lowest BCUT2D eigenvalue weighted by molar-refractivity contribution is 0.174. The summed E-state index contributed by atoms with van der Waals surface area (Å²) in [5.41, 5.74) is 0.810. The number of aromatic nitrogens is 3. The second kappa shape index (κ2) is 6.62. The average molecular weight is 345 g/mol. The molecule has 1 aromatic carbocycles. The molecule has 1 aromatic heterocycles. The second-order valence-electron chi connectivity index (χ2n) is 6.80. The summed E-state index contributed by atoms with van der Waals surface area (Å²) in [6.45, 7) is 6.73. The fraction of sp³-hybridized carbons (Fsp3) is 0.471. The molecule has 0 saturated heterocycles. The van der Waals surface area contributed by atoms with Gasteiger partial charge in [0.1, 0.15) is 6.33 Å². The lowest BCUT2D eigenvalue weighted by atomic mass is 9.84. The highest BCUT2D eigenvalue weighted by atomic mass is 16.7. The van der Waals surface area contributed by atoms with Crippen LogP contribution in [0.3, 0.4) is 0 Å². The van der Waals surface area contributed by atoms with E-state index in [-0.39, 0.29) is 24.3 Å². The molecule has 0 bridgehead atoms. The van der Waals surface area contributed by atoms with E-state index in [2.05, 4.69) is 34.7 Å². The highest BCUT2D eigenvalue weighted by Gasteiger charge is 2.25. The average Bonchev–Trinajstić information content (AvgIpc) is 3.20. The first kappa shape index (κ1) is 17.1. The Morgan fingerprint density at radius 3 is 2.84 bits per heavy atom. The van der Waals surface area contributed by atoms with Gasteiger partial charge in [-0.1, -0.05) is 19.9 Å². The second-order valence-corrected chi connectivity index (χ2v) is 6.80. The van der Waals surface area contributed by atoms with Gasteiger partial charge in [-0.3, -0.25) is 0 Å². The summed E-state index contributed by atoms with van der Waals surface area (Å²) in [6.07, 6.45) is 1.61. The third-order valence-corrected chi connectivity index (χ3v) is 4.33. The van der Waals surface area contributed by atoms with Crippen molar-refractivity contribution in [2.45, 2.75) is 32.2 Å². The number of fused-ring (bicyclic) bond motifs is 1. The van der Waals surface area contributed by atoms with Gasteiger partial charge >= 0.3 is 6.03 Å². The molecule has 8 heteroatoms. The molecule has 25 heavy (non-hydrogen) atoms. The van der Waals surface area contributed by atoms with Gasteiger partial charge in [-0.15, -0.1) is 10.2 Å². The number of hydrogen-bond donors (Lipinski definition) is 2. The molecule has 1 aliphatic heterocycles. The first-order valence-electron chi connectivity index (χ1n) is 8.15. The Bertz CT molecular complexity index is 771. The first-order chi connectivity index (χ1) is 11.9. The molecule has 0 spiro atoms. The van der Waals surface area contributed by atoms with E-state index in [4.69, 9.17) is 9.47 Å². The van der Waals surface area contributed by atoms with Gasteiger partial charge in [-0.2, -0.15) is 0 Å². The van der Waals surface area contributed by atoms with Crippen molar-refractivity contribution in [3.05, 3.63) is 35.9 Å². The van der Waals surface area contributed by atoms with Crippen LogP contribution >= 0.6 is 0 Å². The minimum atomic E-state index is -0.258. The molecular formula is C17H23N5O3. The molecule has 134 valence electrons. The van der Waals surface area contributed by atoms with Gasteiger partial charge in [0.15, 0.2) is 17.3 Å². The molecule has 0 fully saturated rings. The normalized spacial score (nSPS) is 14.2. The van der Waals surface area contributed by atoms with E-state index in [1.165, 1.54) is 0 Å². The van der Waals surface area contributed by atoms with Gasteiger partial charge in [-0.05, 0) is 24.6 Å². The molecule has 2 amide bonds. The predicted octanol–water partition coefficient (Wildman–Crippen LogP) is 1.88. The molecule has 0 saturated carbocycles. The Kier molecular flexibility index (Phi) is 4.52. The van der Waals surface area contributed by atoms with Crippen LogP contribution in [0.25, 0.3) is 0 Å². The number of hydrogen-bond acceptors (Lipinski definition) is 5. The summed E-state index contributed by atoms with van der Waals surface area (Å²) in [4.78, 5) is 12.2. The van der Waals surface area contributed by atoms with Crippen LogP contribution in [0.15, 0.2) is 24.5 Å². The number of amides is 2. The summed E-state index contributed by atoms with van der Waals surface area (Å²) in [7, 11) is 1.84. The number of rotatable bonds is 5. The summed E-state index contributed by atoms with van der Waals surface area (Å²) in [6, 6.07) is 5.38. The molecule has 1 aliphatic rings. The van der Waals surface area contributed by atoms with Crippen molar-refractivity contribution < 1.29 is 14.3 Å². The van der Waals surface area contributed by atoms with Crippen molar-refractivity contribution in [3.63, 3.8) is 0 Å². The van der Waals surface area contributed by atoms with Crippen LogP contribution in [-0.2, 0) is 12.5 Å². The minimum absolute atomic E-state index is 0.235. The number of aryl methyl sites for hydroxylation is 1. The molecule has 0 aliphatic carbocycles. The molecule has 0 radical (unpaired) electrons. The van der Waals surface area contributed by atoms with Gasteiger partial charge in [0.25, 0.3) is 0 Å². The van der Waals surface area contributed by atoms with Crippen molar-refractivity contribution in [2.24, 2.45) is 7.05 Å². The maximum atomic E-state index is 12.2. The Morgan fingerprint density at radius 1 is 1.36 bits per heavy atom. The van der Waals surface area contributed by atoms with E-state index in [0.717, 1.165) is 17.1 Å². The maximum Gasteiger partial charge on any atom is 0.315 e. The number of carbonyl (C=O) groups is 1. The minimum Gasteiger partial charge on any atom is -0.454 e. The number of nitrogens with one attached hydrogen (secondary N) is 2. The third-order valence-electron chi connectivity index (χ3n) is 4.33.